The molecule has 0 rings (SSSR count). The van der Waals surface area contributed by atoms with Crippen molar-refractivity contribution in [3.8, 4) is 0 Å². The number of nitrogens with zero attached hydrogens (tertiary/aromatic N) is 1. The van der Waals surface area contributed by atoms with Crippen LogP contribution in [0.2, 0.25) is 0 Å². The Labute approximate surface area is 58.6 Å². The second-order valence-electron chi connectivity index (χ2n) is 2.67. The zero-order chi connectivity index (χ0) is 7.33. The van der Waals surface area contributed by atoms with Crippen molar-refractivity contribution in [1.82, 2.24) is 0 Å². The molecule has 0 aromatic heterocycles. The van der Waals surface area contributed by atoms with Gasteiger partial charge < -0.3 is 11.1 Å². The first-order chi connectivity index (χ1) is 4.18. The van der Waals surface area contributed by atoms with Crippen molar-refractivity contribution in [2.24, 2.45) is 0 Å². The maximum Gasteiger partial charge on any atom is 0.0757 e. The van der Waals surface area contributed by atoms with Crippen LogP contribution in [0.25, 0.3) is 0 Å². The first-order valence-electron chi connectivity index (χ1n) is 3.55. The molecule has 0 saturated carbocycles. The van der Waals surface area contributed by atoms with Gasteiger partial charge in [-0.2, -0.15) is 0 Å². The summed E-state index contributed by atoms with van der Waals surface area (Å²) in [6, 6.07) is 0. The second-order valence-corrected chi connectivity index (χ2v) is 2.67. The summed E-state index contributed by atoms with van der Waals surface area (Å²) in [6.07, 6.45) is 1.74. The van der Waals surface area contributed by atoms with Crippen molar-refractivity contribution >= 4 is 0 Å². The van der Waals surface area contributed by atoms with E-state index < -0.39 is 0 Å². The van der Waals surface area contributed by atoms with E-state index in [1.54, 1.807) is 6.08 Å². The molecule has 0 atom stereocenters. The van der Waals surface area contributed by atoms with Crippen LogP contribution in [0.3, 0.4) is 0 Å². The minimum absolute atomic E-state index is 0. The topological polar surface area (TPSA) is 0 Å². The first kappa shape index (κ1) is 11.5. The smallest absolute Gasteiger partial charge is 0.0757 e. The number of quaternary nitrogens is 1. The molecule has 0 aliphatic rings. The second kappa shape index (κ2) is 4.57. The largest absolute Gasteiger partial charge is 0.512 e. The zero-order valence-electron chi connectivity index (χ0n) is 7.43. The van der Waals surface area contributed by atoms with Gasteiger partial charge in [0, 0.05) is 0 Å². The van der Waals surface area contributed by atoms with Gasteiger partial charge in [0.1, 0.15) is 0 Å². The summed E-state index contributed by atoms with van der Waals surface area (Å²) < 4.78 is 1.05. The summed E-state index contributed by atoms with van der Waals surface area (Å²) in [5.74, 6) is 0. The maximum absolute atomic E-state index is 5.33. The van der Waals surface area contributed by atoms with E-state index in [-0.39, 0.29) is 0 Å². The molecule has 0 amide bonds. The monoisotopic (exact) mass is 394 g/mol. The van der Waals surface area contributed by atoms with Crippen LogP contribution in [-0.2, 0) is 0 Å². The van der Waals surface area contributed by atoms with Crippen LogP contribution in [0.5, 0.6) is 0 Å². The normalized spacial score (nSPS) is 10.3. The number of rotatable bonds is 4. The van der Waals surface area contributed by atoms with Crippen molar-refractivity contribution in [1.29, 1.82) is 0 Å². The van der Waals surface area contributed by atoms with Crippen molar-refractivity contribution in [3.05, 3.63) is 12.7 Å². The van der Waals surface area contributed by atoms with Crippen LogP contribution in [0, 0.1) is 6.58 Å². The van der Waals surface area contributed by atoms with Crippen LogP contribution < -0.4 is 0 Å². The minimum atomic E-state index is 0. The Morgan fingerprint density at radius 1 is 1.30 bits per heavy atom. The molecule has 0 fully saturated rings. The van der Waals surface area contributed by atoms with Crippen LogP contribution >= 0.6 is 0 Å². The molecule has 0 aromatic rings. The summed E-state index contributed by atoms with van der Waals surface area (Å²) in [5, 5.41) is 0. The summed E-state index contributed by atoms with van der Waals surface area (Å²) >= 11 is 0. The van der Waals surface area contributed by atoms with Gasteiger partial charge in [0.2, 0.25) is 0 Å². The molecule has 0 spiro atoms. The molecule has 0 radical (unpaired) electrons. The van der Waals surface area contributed by atoms with Gasteiger partial charge >= 0.3 is 0 Å². The molecule has 0 aromatic carbocycles. The van der Waals surface area contributed by atoms with Gasteiger partial charge in [-0.3, -0.25) is 0 Å². The number of likely N-dealkylation sites (N-methyl/N-ethyl adjacent to an activating group) is 1. The molecule has 0 N–H and O–H groups in total. The van der Waals surface area contributed by atoms with Crippen molar-refractivity contribution in [2.75, 3.05) is 26.7 Å². The summed E-state index contributed by atoms with van der Waals surface area (Å²) in [6.45, 7) is 13.0. The van der Waals surface area contributed by atoms with E-state index in [1.807, 2.05) is 0 Å². The molecule has 0 unspecified atom stereocenters. The van der Waals surface area contributed by atoms with E-state index in [0.29, 0.717) is 0 Å². The molecular weight excluding hydrogens is 377 g/mol. The van der Waals surface area contributed by atoms with E-state index in [2.05, 4.69) is 20.9 Å². The van der Waals surface area contributed by atoms with E-state index in [4.69, 9.17) is 6.58 Å². The van der Waals surface area contributed by atoms with Gasteiger partial charge in [-0.1, -0.05) is 0 Å². The SMILES string of the molecule is [CH-]=CC[N+](C)(CC)CC.[Rf]. The Morgan fingerprint density at radius 2 is 1.70 bits per heavy atom. The molecule has 10 heavy (non-hydrogen) atoms. The third-order valence-electron chi connectivity index (χ3n) is 2.07. The van der Waals surface area contributed by atoms with Gasteiger partial charge in [-0.15, -0.1) is 0 Å². The third-order valence-corrected chi connectivity index (χ3v) is 2.07. The quantitative estimate of drug-likeness (QED) is 0.501. The number of hydrogen-bond donors (Lipinski definition) is 0. The van der Waals surface area contributed by atoms with Gasteiger partial charge in [0.25, 0.3) is 0 Å². The predicted octanol–water partition coefficient (Wildman–Crippen LogP) is 1.46. The molecule has 0 heterocycles. The molecule has 56 valence electrons. The Balaban J connectivity index is 0. The molecule has 0 aliphatic carbocycles. The summed E-state index contributed by atoms with van der Waals surface area (Å²) in [5.41, 5.74) is 0. The van der Waals surface area contributed by atoms with E-state index >= 15 is 0 Å². The van der Waals surface area contributed by atoms with Crippen molar-refractivity contribution in [3.63, 3.8) is 0 Å². The van der Waals surface area contributed by atoms with Gasteiger partial charge in [-0.05, 0) is 13.8 Å². The van der Waals surface area contributed by atoms with Gasteiger partial charge in [-0.25, -0.2) is 6.08 Å². The standard InChI is InChI=1S/C8H17N.Rf/c1-5-8-9(4,6-2)7-3;/h1,5H,6-8H2,2-4H3;. The molecule has 0 saturated heterocycles. The third kappa shape index (κ3) is 2.88. The van der Waals surface area contributed by atoms with Crippen molar-refractivity contribution in [2.45, 2.75) is 13.8 Å². The maximum atomic E-state index is 5.33. The molecular formula is C8H17NRf. The Bertz CT molecular complexity index is 87.3. The summed E-state index contributed by atoms with van der Waals surface area (Å²) in [7, 11) is 2.21. The Hall–Kier alpha value is -1.30. The Kier molecular flexibility index (Phi) is 5.25. The van der Waals surface area contributed by atoms with Crippen LogP contribution in [0.4, 0.5) is 0 Å². The van der Waals surface area contributed by atoms with E-state index in [1.165, 1.54) is 0 Å². The zero-order valence-corrected chi connectivity index (χ0v) is 13.8. The Morgan fingerprint density at radius 3 is 1.80 bits per heavy atom. The molecule has 2 heteroatoms. The van der Waals surface area contributed by atoms with Crippen molar-refractivity contribution < 1.29 is 4.48 Å². The van der Waals surface area contributed by atoms with Gasteiger partial charge in [0.05, 0.1) is 26.7 Å². The molecule has 0 aliphatic heterocycles. The van der Waals surface area contributed by atoms with E-state index in [0.717, 1.165) is 24.1 Å². The fraction of sp³-hybridized carbons (Fsp3) is 0.750. The average molecular weight is 394 g/mol. The fourth-order valence-corrected chi connectivity index (χ4v) is 0.736. The average Bonchev–Trinajstić information content (AvgIpc) is 1.89. The first-order valence-corrected chi connectivity index (χ1v) is 3.55. The van der Waals surface area contributed by atoms with Gasteiger partial charge in [0.15, 0.2) is 0 Å². The van der Waals surface area contributed by atoms with Crippen LogP contribution in [0.1, 0.15) is 13.8 Å². The summed E-state index contributed by atoms with van der Waals surface area (Å²) in [4.78, 5) is 0. The van der Waals surface area contributed by atoms with Crippen LogP contribution in [0.15, 0.2) is 6.08 Å². The molecule has 0 bridgehead atoms. The number of hydrogen-bond acceptors (Lipinski definition) is 0. The predicted molar refractivity (Wildman–Crippen MR) is 41.0 cm³/mol. The fourth-order valence-electron chi connectivity index (χ4n) is 0.736. The van der Waals surface area contributed by atoms with Crippen LogP contribution in [-0.4, -0.2) is 31.2 Å². The van der Waals surface area contributed by atoms with E-state index in [9.17, 15) is 0 Å². The minimum Gasteiger partial charge on any atom is -0.512 e. The molecule has 1 nitrogen and oxygen atoms in total.